The highest BCUT2D eigenvalue weighted by Gasteiger charge is 2.42. The van der Waals surface area contributed by atoms with Crippen LogP contribution < -0.4 is 0 Å². The van der Waals surface area contributed by atoms with Crippen molar-refractivity contribution in [2.75, 3.05) is 0 Å². The van der Waals surface area contributed by atoms with Crippen LogP contribution in [0.4, 0.5) is 13.2 Å². The topological polar surface area (TPSA) is 83.8 Å². The van der Waals surface area contributed by atoms with Gasteiger partial charge in [0.2, 0.25) is 0 Å². The molecule has 2 N–H and O–H groups in total. The molecular formula is C9H5F3O5. The van der Waals surface area contributed by atoms with Gasteiger partial charge in [-0.2, -0.15) is 13.2 Å². The molecule has 17 heavy (non-hydrogen) atoms. The summed E-state index contributed by atoms with van der Waals surface area (Å²) >= 11 is 0. The maximum absolute atomic E-state index is 11.8. The zero-order chi connectivity index (χ0) is 13.2. The highest BCUT2D eigenvalue weighted by molar-refractivity contribution is 6.00. The first-order valence-corrected chi connectivity index (χ1v) is 4.07. The van der Waals surface area contributed by atoms with Gasteiger partial charge in [0.1, 0.15) is 17.1 Å². The van der Waals surface area contributed by atoms with Crippen LogP contribution in [0.3, 0.4) is 0 Å². The zero-order valence-corrected chi connectivity index (χ0v) is 7.99. The van der Waals surface area contributed by atoms with Gasteiger partial charge in [0, 0.05) is 6.07 Å². The van der Waals surface area contributed by atoms with E-state index in [4.69, 9.17) is 10.2 Å². The van der Waals surface area contributed by atoms with Crippen molar-refractivity contribution in [3.05, 3.63) is 23.8 Å². The maximum atomic E-state index is 11.8. The van der Waals surface area contributed by atoms with Gasteiger partial charge >= 0.3 is 18.1 Å². The van der Waals surface area contributed by atoms with Crippen molar-refractivity contribution in [2.45, 2.75) is 6.18 Å². The molecule has 0 radical (unpaired) electrons. The summed E-state index contributed by atoms with van der Waals surface area (Å²) in [6.07, 6.45) is -5.30. The summed E-state index contributed by atoms with van der Waals surface area (Å²) in [6.45, 7) is 0. The number of hydrogen-bond donors (Lipinski definition) is 2. The Hall–Kier alpha value is -2.25. The third kappa shape index (κ3) is 3.10. The number of rotatable bonds is 1. The van der Waals surface area contributed by atoms with Crippen LogP contribution in [0.15, 0.2) is 18.2 Å². The molecule has 0 heterocycles. The van der Waals surface area contributed by atoms with E-state index in [-0.39, 0.29) is 0 Å². The average molecular weight is 250 g/mol. The molecule has 0 aliphatic rings. The third-order valence-corrected chi connectivity index (χ3v) is 1.62. The highest BCUT2D eigenvalue weighted by atomic mass is 19.4. The van der Waals surface area contributed by atoms with Crippen molar-refractivity contribution >= 4 is 11.9 Å². The van der Waals surface area contributed by atoms with Gasteiger partial charge in [0.15, 0.2) is 0 Å². The van der Waals surface area contributed by atoms with E-state index in [0.717, 1.165) is 12.1 Å². The van der Waals surface area contributed by atoms with E-state index in [1.165, 1.54) is 0 Å². The number of alkyl halides is 3. The molecule has 0 unspecified atom stereocenters. The van der Waals surface area contributed by atoms with Gasteiger partial charge in [0.05, 0.1) is 0 Å². The number of carbonyl (C=O) groups excluding carboxylic acids is 2. The van der Waals surface area contributed by atoms with E-state index in [2.05, 4.69) is 4.74 Å². The quantitative estimate of drug-likeness (QED) is 0.580. The van der Waals surface area contributed by atoms with E-state index < -0.39 is 35.2 Å². The number of esters is 2. The average Bonchev–Trinajstić information content (AvgIpc) is 2.15. The molecule has 0 spiro atoms. The fraction of sp³-hybridized carbons (Fsp3) is 0.111. The molecule has 1 aromatic rings. The number of carbonyl (C=O) groups is 2. The lowest BCUT2D eigenvalue weighted by atomic mass is 10.2. The summed E-state index contributed by atoms with van der Waals surface area (Å²) in [7, 11) is 0. The van der Waals surface area contributed by atoms with Gasteiger partial charge in [0.25, 0.3) is 0 Å². The molecular weight excluding hydrogens is 245 g/mol. The fourth-order valence-electron chi connectivity index (χ4n) is 0.890. The van der Waals surface area contributed by atoms with Crippen LogP contribution in [0.1, 0.15) is 10.4 Å². The van der Waals surface area contributed by atoms with E-state index >= 15 is 0 Å². The number of benzene rings is 1. The van der Waals surface area contributed by atoms with E-state index in [9.17, 15) is 22.8 Å². The van der Waals surface area contributed by atoms with Crippen molar-refractivity contribution in [3.63, 3.8) is 0 Å². The molecule has 0 saturated heterocycles. The first-order valence-electron chi connectivity index (χ1n) is 4.07. The molecule has 0 fully saturated rings. The largest absolute Gasteiger partial charge is 0.508 e. The lowest BCUT2D eigenvalue weighted by Gasteiger charge is -2.06. The highest BCUT2D eigenvalue weighted by Crippen LogP contribution is 2.24. The maximum Gasteiger partial charge on any atom is 0.491 e. The first-order chi connectivity index (χ1) is 7.71. The minimum Gasteiger partial charge on any atom is -0.508 e. The third-order valence-electron chi connectivity index (χ3n) is 1.62. The van der Waals surface area contributed by atoms with Crippen LogP contribution in [0.25, 0.3) is 0 Å². The standard InChI is InChI=1S/C9H5F3O5/c10-9(11,12)8(16)17-7(15)5-2-1-4(13)3-6(5)14/h1-3,13-14H. The molecule has 0 bridgehead atoms. The minimum atomic E-state index is -5.30. The molecule has 92 valence electrons. The molecule has 1 rings (SSSR count). The summed E-state index contributed by atoms with van der Waals surface area (Å²) in [5.74, 6) is -5.55. The monoisotopic (exact) mass is 250 g/mol. The smallest absolute Gasteiger partial charge is 0.491 e. The Balaban J connectivity index is 2.88. The SMILES string of the molecule is O=C(OC(=O)C(F)(F)F)c1ccc(O)cc1O. The molecule has 1 aromatic carbocycles. The van der Waals surface area contributed by atoms with Crippen LogP contribution in [0, 0.1) is 0 Å². The van der Waals surface area contributed by atoms with E-state index in [1.54, 1.807) is 0 Å². The Morgan fingerprint density at radius 3 is 2.24 bits per heavy atom. The number of aromatic hydroxyl groups is 2. The zero-order valence-electron chi connectivity index (χ0n) is 7.99. The van der Waals surface area contributed by atoms with Gasteiger partial charge in [-0.1, -0.05) is 0 Å². The summed E-state index contributed by atoms with van der Waals surface area (Å²) < 4.78 is 38.8. The first kappa shape index (κ1) is 12.8. The Bertz CT molecular complexity index is 466. The van der Waals surface area contributed by atoms with Crippen molar-refractivity contribution in [2.24, 2.45) is 0 Å². The van der Waals surface area contributed by atoms with Gasteiger partial charge in [-0.15, -0.1) is 0 Å². The number of halogens is 3. The Morgan fingerprint density at radius 2 is 1.76 bits per heavy atom. The number of phenols is 2. The van der Waals surface area contributed by atoms with Crippen LogP contribution in [0.2, 0.25) is 0 Å². The summed E-state index contributed by atoms with van der Waals surface area (Å²) in [5.41, 5.74) is -0.666. The van der Waals surface area contributed by atoms with Crippen LogP contribution >= 0.6 is 0 Å². The Morgan fingerprint density at radius 1 is 1.18 bits per heavy atom. The second-order valence-electron chi connectivity index (χ2n) is 2.88. The Labute approximate surface area is 92.0 Å². The lowest BCUT2D eigenvalue weighted by Crippen LogP contribution is -2.28. The second kappa shape index (κ2) is 4.32. The lowest BCUT2D eigenvalue weighted by molar-refractivity contribution is -0.193. The summed E-state index contributed by atoms with van der Waals surface area (Å²) in [4.78, 5) is 21.4. The molecule has 8 heteroatoms. The van der Waals surface area contributed by atoms with Gasteiger partial charge in [-0.25, -0.2) is 9.59 Å². The van der Waals surface area contributed by atoms with Crippen LogP contribution in [0.5, 0.6) is 11.5 Å². The number of phenolic OH excluding ortho intramolecular Hbond substituents is 2. The number of ether oxygens (including phenoxy) is 1. The van der Waals surface area contributed by atoms with E-state index in [0.29, 0.717) is 6.07 Å². The molecule has 0 aromatic heterocycles. The molecule has 5 nitrogen and oxygen atoms in total. The molecule has 0 amide bonds. The van der Waals surface area contributed by atoms with Crippen molar-refractivity contribution < 1.29 is 37.7 Å². The molecule has 0 atom stereocenters. The molecule has 0 saturated carbocycles. The van der Waals surface area contributed by atoms with Gasteiger partial charge < -0.3 is 14.9 Å². The number of hydrogen-bond acceptors (Lipinski definition) is 5. The van der Waals surface area contributed by atoms with Crippen LogP contribution in [-0.4, -0.2) is 28.3 Å². The molecule has 0 aliphatic carbocycles. The normalized spacial score (nSPS) is 11.0. The van der Waals surface area contributed by atoms with Crippen molar-refractivity contribution in [1.29, 1.82) is 0 Å². The second-order valence-corrected chi connectivity index (χ2v) is 2.88. The summed E-state index contributed by atoms with van der Waals surface area (Å²) in [5, 5.41) is 18.0. The summed E-state index contributed by atoms with van der Waals surface area (Å²) in [6, 6.07) is 2.47. The fourth-order valence-corrected chi connectivity index (χ4v) is 0.890. The molecule has 0 aliphatic heterocycles. The predicted octanol–water partition coefficient (Wildman–Crippen LogP) is 1.34. The van der Waals surface area contributed by atoms with E-state index in [1.807, 2.05) is 0 Å². The van der Waals surface area contributed by atoms with Crippen molar-refractivity contribution in [1.82, 2.24) is 0 Å². The van der Waals surface area contributed by atoms with Crippen molar-refractivity contribution in [3.8, 4) is 11.5 Å². The van der Waals surface area contributed by atoms with Crippen LogP contribution in [-0.2, 0) is 9.53 Å². The van der Waals surface area contributed by atoms with Gasteiger partial charge in [-0.3, -0.25) is 0 Å². The Kier molecular flexibility index (Phi) is 3.26. The van der Waals surface area contributed by atoms with Gasteiger partial charge in [-0.05, 0) is 12.1 Å². The predicted molar refractivity (Wildman–Crippen MR) is 46.2 cm³/mol. The minimum absolute atomic E-state index is 0.402.